The lowest BCUT2D eigenvalue weighted by atomic mass is 10.1. The maximum Gasteiger partial charge on any atom is 0.0682 e. The molecule has 3 heteroatoms. The molecule has 0 spiro atoms. The van der Waals surface area contributed by atoms with E-state index in [0.29, 0.717) is 6.61 Å². The van der Waals surface area contributed by atoms with Gasteiger partial charge in [-0.15, -0.1) is 0 Å². The molecule has 1 fully saturated rings. The Balaban J connectivity index is 1.98. The van der Waals surface area contributed by atoms with Crippen LogP contribution in [0.25, 0.3) is 0 Å². The van der Waals surface area contributed by atoms with Gasteiger partial charge in [0.2, 0.25) is 0 Å². The summed E-state index contributed by atoms with van der Waals surface area (Å²) in [6.45, 7) is 3.00. The summed E-state index contributed by atoms with van der Waals surface area (Å²) in [6.07, 6.45) is 2.38. The quantitative estimate of drug-likeness (QED) is 0.523. The predicted molar refractivity (Wildman–Crippen MR) is 35.7 cm³/mol. The largest absolute Gasteiger partial charge is 0.316 e. The first-order chi connectivity index (χ1) is 4.43. The van der Waals surface area contributed by atoms with Crippen LogP contribution in [0.15, 0.2) is 0 Å². The molecule has 0 aromatic carbocycles. The first kappa shape index (κ1) is 6.99. The molecule has 0 bridgehead atoms. The first-order valence-corrected chi connectivity index (χ1v) is 3.46. The van der Waals surface area contributed by atoms with Crippen molar-refractivity contribution in [3.8, 4) is 0 Å². The summed E-state index contributed by atoms with van der Waals surface area (Å²) in [7, 11) is 0. The molecule has 1 atom stereocenters. The van der Waals surface area contributed by atoms with Crippen molar-refractivity contribution in [3.05, 3.63) is 0 Å². The molecule has 0 radical (unpaired) electrons. The highest BCUT2D eigenvalue weighted by Crippen LogP contribution is 2.10. The minimum absolute atomic E-state index is 0.701. The molecule has 0 aromatic heterocycles. The molecular weight excluding hydrogens is 116 g/mol. The van der Waals surface area contributed by atoms with Gasteiger partial charge in [-0.2, -0.15) is 0 Å². The second-order valence-electron chi connectivity index (χ2n) is 2.52. The van der Waals surface area contributed by atoms with Crippen LogP contribution in [-0.4, -0.2) is 19.7 Å². The van der Waals surface area contributed by atoms with Crippen LogP contribution in [0.3, 0.4) is 0 Å². The van der Waals surface area contributed by atoms with Crippen LogP contribution in [0.5, 0.6) is 0 Å². The fraction of sp³-hybridized carbons (Fsp3) is 1.00. The van der Waals surface area contributed by atoms with Gasteiger partial charge in [-0.25, -0.2) is 5.90 Å². The summed E-state index contributed by atoms with van der Waals surface area (Å²) in [4.78, 5) is 4.48. The molecule has 0 aliphatic carbocycles. The number of nitrogens with two attached hydrogens (primary N) is 1. The molecule has 0 saturated carbocycles. The smallest absolute Gasteiger partial charge is 0.0682 e. The van der Waals surface area contributed by atoms with Gasteiger partial charge in [0.05, 0.1) is 6.61 Å². The van der Waals surface area contributed by atoms with Crippen molar-refractivity contribution in [2.24, 2.45) is 11.8 Å². The molecule has 0 aromatic rings. The topological polar surface area (TPSA) is 47.3 Å². The van der Waals surface area contributed by atoms with Crippen molar-refractivity contribution in [2.45, 2.75) is 12.8 Å². The Morgan fingerprint density at radius 3 is 3.11 bits per heavy atom. The number of rotatable bonds is 3. The van der Waals surface area contributed by atoms with Crippen LogP contribution in [0.1, 0.15) is 12.8 Å². The molecule has 3 nitrogen and oxygen atoms in total. The van der Waals surface area contributed by atoms with Gasteiger partial charge in [0.25, 0.3) is 0 Å². The monoisotopic (exact) mass is 130 g/mol. The van der Waals surface area contributed by atoms with E-state index in [-0.39, 0.29) is 0 Å². The maximum absolute atomic E-state index is 4.89. The third-order valence-corrected chi connectivity index (χ3v) is 1.81. The highest BCUT2D eigenvalue weighted by atomic mass is 16.6. The van der Waals surface area contributed by atoms with Crippen LogP contribution >= 0.6 is 0 Å². The van der Waals surface area contributed by atoms with E-state index in [0.717, 1.165) is 25.4 Å². The normalized spacial score (nSPS) is 27.0. The minimum atomic E-state index is 0.701. The molecule has 1 saturated heterocycles. The highest BCUT2D eigenvalue weighted by molar-refractivity contribution is 4.70. The Bertz CT molecular complexity index is 71.5. The predicted octanol–water partition coefficient (Wildman–Crippen LogP) is -0.124. The van der Waals surface area contributed by atoms with Crippen LogP contribution in [0.4, 0.5) is 0 Å². The standard InChI is InChI=1S/C6H14N2O/c7-9-4-2-6-1-3-8-5-6/h6,8H,1-5,7H2. The zero-order chi connectivity index (χ0) is 6.53. The van der Waals surface area contributed by atoms with Gasteiger partial charge in [-0.3, -0.25) is 0 Å². The van der Waals surface area contributed by atoms with Crippen molar-refractivity contribution in [3.63, 3.8) is 0 Å². The number of nitrogens with one attached hydrogen (secondary N) is 1. The number of hydrogen-bond acceptors (Lipinski definition) is 3. The SMILES string of the molecule is NOCCC1CCNC1. The Morgan fingerprint density at radius 2 is 2.56 bits per heavy atom. The summed E-state index contributed by atoms with van der Waals surface area (Å²) in [6, 6.07) is 0. The Kier molecular flexibility index (Phi) is 2.97. The third kappa shape index (κ3) is 2.30. The van der Waals surface area contributed by atoms with Crippen LogP contribution in [0, 0.1) is 5.92 Å². The van der Waals surface area contributed by atoms with Crippen molar-refractivity contribution in [2.75, 3.05) is 19.7 Å². The van der Waals surface area contributed by atoms with Crippen LogP contribution in [-0.2, 0) is 4.84 Å². The van der Waals surface area contributed by atoms with Gasteiger partial charge in [0, 0.05) is 0 Å². The average Bonchev–Trinajstić information content (AvgIpc) is 2.34. The Morgan fingerprint density at radius 1 is 1.67 bits per heavy atom. The second kappa shape index (κ2) is 3.82. The fourth-order valence-corrected chi connectivity index (χ4v) is 1.20. The molecule has 3 N–H and O–H groups in total. The van der Waals surface area contributed by atoms with E-state index in [9.17, 15) is 0 Å². The summed E-state index contributed by atoms with van der Waals surface area (Å²) in [5, 5.41) is 3.28. The average molecular weight is 130 g/mol. The lowest BCUT2D eigenvalue weighted by molar-refractivity contribution is 0.125. The summed E-state index contributed by atoms with van der Waals surface area (Å²) < 4.78 is 0. The van der Waals surface area contributed by atoms with Gasteiger partial charge in [-0.05, 0) is 31.8 Å². The van der Waals surface area contributed by atoms with E-state index < -0.39 is 0 Å². The summed E-state index contributed by atoms with van der Waals surface area (Å²) in [5.41, 5.74) is 0. The van der Waals surface area contributed by atoms with Gasteiger partial charge in [0.15, 0.2) is 0 Å². The second-order valence-corrected chi connectivity index (χ2v) is 2.52. The van der Waals surface area contributed by atoms with Crippen molar-refractivity contribution in [1.82, 2.24) is 5.32 Å². The third-order valence-electron chi connectivity index (χ3n) is 1.81. The van der Waals surface area contributed by atoms with Crippen molar-refractivity contribution >= 4 is 0 Å². The zero-order valence-electron chi connectivity index (χ0n) is 5.60. The van der Waals surface area contributed by atoms with Gasteiger partial charge in [-0.1, -0.05) is 0 Å². The fourth-order valence-electron chi connectivity index (χ4n) is 1.20. The van der Waals surface area contributed by atoms with Crippen molar-refractivity contribution in [1.29, 1.82) is 0 Å². The molecule has 1 rings (SSSR count). The molecule has 9 heavy (non-hydrogen) atoms. The lowest BCUT2D eigenvalue weighted by Crippen LogP contribution is -2.11. The number of hydrogen-bond donors (Lipinski definition) is 2. The van der Waals surface area contributed by atoms with E-state index in [1.165, 1.54) is 6.42 Å². The van der Waals surface area contributed by atoms with E-state index in [2.05, 4.69) is 10.2 Å². The molecule has 1 aliphatic rings. The maximum atomic E-state index is 4.89. The Hall–Kier alpha value is -0.120. The summed E-state index contributed by atoms with van der Waals surface area (Å²) in [5.74, 6) is 5.69. The molecule has 1 unspecified atom stereocenters. The van der Waals surface area contributed by atoms with Crippen LogP contribution < -0.4 is 11.2 Å². The van der Waals surface area contributed by atoms with Gasteiger partial charge in [0.1, 0.15) is 0 Å². The zero-order valence-corrected chi connectivity index (χ0v) is 5.60. The molecule has 1 aliphatic heterocycles. The van der Waals surface area contributed by atoms with E-state index in [4.69, 9.17) is 5.90 Å². The van der Waals surface area contributed by atoms with Crippen molar-refractivity contribution < 1.29 is 4.84 Å². The van der Waals surface area contributed by atoms with Gasteiger partial charge >= 0.3 is 0 Å². The van der Waals surface area contributed by atoms with E-state index >= 15 is 0 Å². The lowest BCUT2D eigenvalue weighted by Gasteiger charge is -2.04. The molecule has 0 amide bonds. The van der Waals surface area contributed by atoms with E-state index in [1.54, 1.807) is 0 Å². The first-order valence-electron chi connectivity index (χ1n) is 3.46. The molecular formula is C6H14N2O. The molecule has 54 valence electrons. The summed E-state index contributed by atoms with van der Waals surface area (Å²) >= 11 is 0. The molecule has 1 heterocycles. The Labute approximate surface area is 55.5 Å². The van der Waals surface area contributed by atoms with Gasteiger partial charge < -0.3 is 10.2 Å². The van der Waals surface area contributed by atoms with E-state index in [1.807, 2.05) is 0 Å². The highest BCUT2D eigenvalue weighted by Gasteiger charge is 2.12. The minimum Gasteiger partial charge on any atom is -0.316 e. The van der Waals surface area contributed by atoms with Crippen LogP contribution in [0.2, 0.25) is 0 Å².